The number of aromatic amines is 1. The van der Waals surface area contributed by atoms with Crippen LogP contribution in [0.4, 0.5) is 11.6 Å². The van der Waals surface area contributed by atoms with E-state index in [9.17, 15) is 0 Å². The lowest BCUT2D eigenvalue weighted by Gasteiger charge is -2.29. The smallest absolute Gasteiger partial charge is 0.196 e. The molecule has 2 saturated heterocycles. The van der Waals surface area contributed by atoms with Gasteiger partial charge in [0.25, 0.3) is 0 Å². The first kappa shape index (κ1) is 25.5. The van der Waals surface area contributed by atoms with Crippen LogP contribution in [0, 0.1) is 0 Å². The maximum absolute atomic E-state index is 6.74. The molecular weight excluding hydrogens is 522 g/mol. The molecule has 6 heterocycles. The monoisotopic (exact) mass is 553 g/mol. The highest BCUT2D eigenvalue weighted by molar-refractivity contribution is 7.99. The van der Waals surface area contributed by atoms with E-state index in [1.807, 2.05) is 6.07 Å². The summed E-state index contributed by atoms with van der Waals surface area (Å²) in [6.45, 7) is 6.14. The number of piperidine rings is 1. The summed E-state index contributed by atoms with van der Waals surface area (Å²) in [5.74, 6) is 1.89. The number of hydrogen-bond acceptors (Lipinski definition) is 11. The molecule has 200 valence electrons. The second kappa shape index (κ2) is 10.4. The van der Waals surface area contributed by atoms with E-state index < -0.39 is 0 Å². The van der Waals surface area contributed by atoms with Gasteiger partial charge in [0.15, 0.2) is 11.0 Å². The molecule has 13 heteroatoms. The normalized spacial score (nSPS) is 19.3. The fourth-order valence-corrected chi connectivity index (χ4v) is 6.29. The van der Waals surface area contributed by atoms with Crippen molar-refractivity contribution in [1.82, 2.24) is 34.8 Å². The molecule has 0 amide bonds. The number of nitrogens with zero attached hydrogens (tertiary/aromatic N) is 7. The lowest BCUT2D eigenvalue weighted by molar-refractivity contribution is 0.201. The number of nitrogen functional groups attached to an aromatic ring is 1. The molecule has 2 aliphatic rings. The Hall–Kier alpha value is -2.77. The summed E-state index contributed by atoms with van der Waals surface area (Å²) in [7, 11) is 0. The molecule has 11 nitrogen and oxygen atoms in total. The molecule has 7 N–H and O–H groups in total. The first-order chi connectivity index (χ1) is 18.4. The van der Waals surface area contributed by atoms with Gasteiger partial charge in [0.1, 0.15) is 22.8 Å². The molecule has 6 rings (SSSR count). The zero-order valence-corrected chi connectivity index (χ0v) is 22.9. The summed E-state index contributed by atoms with van der Waals surface area (Å²) < 4.78 is 0. The summed E-state index contributed by atoms with van der Waals surface area (Å²) >= 11 is 8.17. The van der Waals surface area contributed by atoms with E-state index in [1.54, 1.807) is 6.20 Å². The van der Waals surface area contributed by atoms with Gasteiger partial charge in [0.05, 0.1) is 22.5 Å². The standard InChI is InChI=1S/C25H32ClN11S/c1-2-16-20(26)19-23(32-16)34-25(35-24(19)37-8-5-14(28)11-37)38-15-9-17-21(30-10-15)22(29)33-18(31-17)12-36-6-3-13(27)4-7-36/h9-10,13-14H,2-8,11-12,27-28H2,1H3,(H2,29,31,33)(H,32,34,35). The number of nitrogens with one attached hydrogen (secondary N) is 1. The Bertz CT molecular complexity index is 1480. The number of H-pyrrole nitrogens is 1. The Morgan fingerprint density at radius 1 is 1.08 bits per heavy atom. The molecule has 0 spiro atoms. The van der Waals surface area contributed by atoms with Crippen molar-refractivity contribution in [3.8, 4) is 0 Å². The van der Waals surface area contributed by atoms with Crippen LogP contribution >= 0.6 is 23.4 Å². The summed E-state index contributed by atoms with van der Waals surface area (Å²) in [6, 6.07) is 2.36. The minimum atomic E-state index is 0.116. The van der Waals surface area contributed by atoms with Crippen molar-refractivity contribution >= 4 is 57.1 Å². The SMILES string of the molecule is CCc1[nH]c2nc(Sc3cnc4c(N)nc(CN5CCC(N)CC5)nc4c3)nc(N3CCC(N)C3)c2c1Cl. The van der Waals surface area contributed by atoms with Crippen LogP contribution in [0.25, 0.3) is 22.1 Å². The molecule has 1 unspecified atom stereocenters. The zero-order valence-electron chi connectivity index (χ0n) is 21.3. The van der Waals surface area contributed by atoms with Crippen LogP contribution in [0.15, 0.2) is 22.3 Å². The average molecular weight is 554 g/mol. The molecule has 4 aromatic heterocycles. The zero-order chi connectivity index (χ0) is 26.4. The van der Waals surface area contributed by atoms with Gasteiger partial charge >= 0.3 is 0 Å². The van der Waals surface area contributed by atoms with Crippen LogP contribution in [-0.4, -0.2) is 73.1 Å². The third-order valence-electron chi connectivity index (χ3n) is 7.29. The number of hydrogen-bond donors (Lipinski definition) is 4. The van der Waals surface area contributed by atoms with Gasteiger partial charge in [-0.25, -0.2) is 24.9 Å². The Labute approximate surface area is 229 Å². The number of nitrogens with two attached hydrogens (primary N) is 3. The van der Waals surface area contributed by atoms with E-state index in [2.05, 4.69) is 31.7 Å². The third-order valence-corrected chi connectivity index (χ3v) is 8.53. The van der Waals surface area contributed by atoms with E-state index in [0.29, 0.717) is 39.4 Å². The average Bonchev–Trinajstić information content (AvgIpc) is 3.47. The molecule has 0 aromatic carbocycles. The fourth-order valence-electron chi connectivity index (χ4n) is 5.18. The topological polar surface area (TPSA) is 165 Å². The fraction of sp³-hybridized carbons (Fsp3) is 0.480. The van der Waals surface area contributed by atoms with E-state index in [1.165, 1.54) is 11.8 Å². The van der Waals surface area contributed by atoms with E-state index in [0.717, 1.165) is 79.3 Å². The van der Waals surface area contributed by atoms with Gasteiger partial charge < -0.3 is 27.1 Å². The molecule has 0 aliphatic carbocycles. The van der Waals surface area contributed by atoms with Gasteiger partial charge in [-0.15, -0.1) is 0 Å². The Kier molecular flexibility index (Phi) is 6.99. The van der Waals surface area contributed by atoms with E-state index in [-0.39, 0.29) is 12.1 Å². The van der Waals surface area contributed by atoms with E-state index in [4.69, 9.17) is 43.8 Å². The lowest BCUT2D eigenvalue weighted by atomic mass is 10.1. The number of fused-ring (bicyclic) bond motifs is 2. The van der Waals surface area contributed by atoms with Crippen LogP contribution in [-0.2, 0) is 13.0 Å². The van der Waals surface area contributed by atoms with Gasteiger partial charge in [-0.3, -0.25) is 4.90 Å². The molecule has 2 fully saturated rings. The number of pyridine rings is 1. The minimum absolute atomic E-state index is 0.116. The van der Waals surface area contributed by atoms with E-state index >= 15 is 0 Å². The number of likely N-dealkylation sites (tertiary alicyclic amines) is 1. The van der Waals surface area contributed by atoms with Gasteiger partial charge in [-0.1, -0.05) is 18.5 Å². The number of rotatable bonds is 6. The minimum Gasteiger partial charge on any atom is -0.382 e. The second-order valence-electron chi connectivity index (χ2n) is 10.1. The Balaban J connectivity index is 1.32. The lowest BCUT2D eigenvalue weighted by Crippen LogP contribution is -2.39. The number of aryl methyl sites for hydroxylation is 1. The van der Waals surface area contributed by atoms with Crippen molar-refractivity contribution < 1.29 is 0 Å². The maximum atomic E-state index is 6.74. The molecule has 0 radical (unpaired) electrons. The van der Waals surface area contributed by atoms with Crippen LogP contribution in [0.2, 0.25) is 5.02 Å². The number of anilines is 2. The molecule has 1 atom stereocenters. The molecule has 0 bridgehead atoms. The molecule has 38 heavy (non-hydrogen) atoms. The molecule has 0 saturated carbocycles. The third kappa shape index (κ3) is 4.98. The second-order valence-corrected chi connectivity index (χ2v) is 11.5. The first-order valence-corrected chi connectivity index (χ1v) is 14.2. The summed E-state index contributed by atoms with van der Waals surface area (Å²) in [5.41, 5.74) is 21.5. The highest BCUT2D eigenvalue weighted by Gasteiger charge is 2.26. The number of halogens is 1. The molecular formula is C25H32ClN11S. The van der Waals surface area contributed by atoms with Gasteiger partial charge in [-0.05, 0) is 43.5 Å². The predicted molar refractivity (Wildman–Crippen MR) is 151 cm³/mol. The van der Waals surface area contributed by atoms with Gasteiger partial charge in [-0.2, -0.15) is 0 Å². The molecule has 4 aromatic rings. The van der Waals surface area contributed by atoms with Gasteiger partial charge in [0.2, 0.25) is 0 Å². The van der Waals surface area contributed by atoms with Crippen molar-refractivity contribution in [3.05, 3.63) is 28.8 Å². The largest absolute Gasteiger partial charge is 0.382 e. The highest BCUT2D eigenvalue weighted by atomic mass is 35.5. The Morgan fingerprint density at radius 3 is 2.61 bits per heavy atom. The van der Waals surface area contributed by atoms with Crippen LogP contribution in [0.3, 0.4) is 0 Å². The van der Waals surface area contributed by atoms with Crippen LogP contribution in [0.5, 0.6) is 0 Å². The Morgan fingerprint density at radius 2 is 1.87 bits per heavy atom. The summed E-state index contributed by atoms with van der Waals surface area (Å²) in [4.78, 5) is 32.4. The van der Waals surface area contributed by atoms with Crippen molar-refractivity contribution in [3.63, 3.8) is 0 Å². The van der Waals surface area contributed by atoms with Crippen molar-refractivity contribution in [2.24, 2.45) is 11.5 Å². The quantitative estimate of drug-likeness (QED) is 0.259. The van der Waals surface area contributed by atoms with Crippen LogP contribution in [0.1, 0.15) is 37.7 Å². The maximum Gasteiger partial charge on any atom is 0.196 e. The molecule has 2 aliphatic heterocycles. The summed E-state index contributed by atoms with van der Waals surface area (Å²) in [5, 5.41) is 2.13. The first-order valence-electron chi connectivity index (χ1n) is 13.0. The predicted octanol–water partition coefficient (Wildman–Crippen LogP) is 2.71. The van der Waals surface area contributed by atoms with Crippen molar-refractivity contribution in [2.75, 3.05) is 36.8 Å². The van der Waals surface area contributed by atoms with Crippen molar-refractivity contribution in [2.45, 2.75) is 61.3 Å². The summed E-state index contributed by atoms with van der Waals surface area (Å²) in [6.07, 6.45) is 5.41. The van der Waals surface area contributed by atoms with Crippen LogP contribution < -0.4 is 22.1 Å². The highest BCUT2D eigenvalue weighted by Crippen LogP contribution is 2.37. The van der Waals surface area contributed by atoms with Gasteiger partial charge in [0, 0.05) is 55.0 Å². The number of aromatic nitrogens is 6. The van der Waals surface area contributed by atoms with Crippen molar-refractivity contribution in [1.29, 1.82) is 0 Å².